The molecule has 0 aromatic carbocycles. The summed E-state index contributed by atoms with van der Waals surface area (Å²) in [5.41, 5.74) is 0.722. The van der Waals surface area contributed by atoms with E-state index in [0.29, 0.717) is 6.54 Å². The van der Waals surface area contributed by atoms with E-state index in [1.165, 1.54) is 6.54 Å². The second-order valence-corrected chi connectivity index (χ2v) is 5.48. The van der Waals surface area contributed by atoms with Crippen molar-refractivity contribution < 1.29 is 4.79 Å². The molecular weight excluding hydrogens is 226 g/mol. The van der Waals surface area contributed by atoms with Crippen LogP contribution >= 0.6 is 0 Å². The normalized spacial score (nSPS) is 18.4. The first-order valence-electron chi connectivity index (χ1n) is 6.76. The minimum atomic E-state index is 0.192. The van der Waals surface area contributed by atoms with E-state index < -0.39 is 0 Å². The summed E-state index contributed by atoms with van der Waals surface area (Å²) < 4.78 is 0. The van der Waals surface area contributed by atoms with Crippen LogP contribution in [0.15, 0.2) is 18.3 Å². The SMILES string of the molecule is CC(C)CN1CCN(CC(=O)c2ccc[nH]2)CC1. The zero-order valence-electron chi connectivity index (χ0n) is 11.4. The highest BCUT2D eigenvalue weighted by Gasteiger charge is 2.19. The monoisotopic (exact) mass is 249 g/mol. The first-order chi connectivity index (χ1) is 8.65. The first kappa shape index (κ1) is 13.3. The second kappa shape index (κ2) is 6.16. The van der Waals surface area contributed by atoms with Crippen LogP contribution in [0.3, 0.4) is 0 Å². The number of aromatic amines is 1. The number of nitrogens with zero attached hydrogens (tertiary/aromatic N) is 2. The number of carbonyl (C=O) groups is 1. The fourth-order valence-electron chi connectivity index (χ4n) is 2.44. The molecule has 1 N–H and O–H groups in total. The molecule has 0 atom stereocenters. The summed E-state index contributed by atoms with van der Waals surface area (Å²) in [5, 5.41) is 0. The lowest BCUT2D eigenvalue weighted by Crippen LogP contribution is -2.48. The molecule has 0 radical (unpaired) electrons. The molecule has 1 aromatic rings. The molecule has 1 saturated heterocycles. The van der Waals surface area contributed by atoms with E-state index in [1.54, 1.807) is 6.20 Å². The zero-order chi connectivity index (χ0) is 13.0. The number of hydrogen-bond acceptors (Lipinski definition) is 3. The maximum absolute atomic E-state index is 11.9. The number of Topliss-reactive ketones (excluding diaryl/α,β-unsaturated/α-hetero) is 1. The smallest absolute Gasteiger partial charge is 0.192 e. The Morgan fingerprint density at radius 1 is 1.28 bits per heavy atom. The lowest BCUT2D eigenvalue weighted by molar-refractivity contribution is 0.0833. The summed E-state index contributed by atoms with van der Waals surface area (Å²) in [7, 11) is 0. The third-order valence-electron chi connectivity index (χ3n) is 3.35. The minimum Gasteiger partial charge on any atom is -0.359 e. The van der Waals surface area contributed by atoms with Gasteiger partial charge in [0.05, 0.1) is 12.2 Å². The molecule has 0 unspecified atom stereocenters. The van der Waals surface area contributed by atoms with Crippen molar-refractivity contribution in [3.05, 3.63) is 24.0 Å². The number of H-pyrrole nitrogens is 1. The van der Waals surface area contributed by atoms with Crippen LogP contribution in [0.5, 0.6) is 0 Å². The van der Waals surface area contributed by atoms with Crippen LogP contribution in [0.4, 0.5) is 0 Å². The van der Waals surface area contributed by atoms with Crippen LogP contribution in [-0.2, 0) is 0 Å². The summed E-state index contributed by atoms with van der Waals surface area (Å²) in [6.07, 6.45) is 1.80. The predicted molar refractivity (Wildman–Crippen MR) is 72.8 cm³/mol. The van der Waals surface area contributed by atoms with Crippen molar-refractivity contribution in [3.8, 4) is 0 Å². The fraction of sp³-hybridized carbons (Fsp3) is 0.643. The summed E-state index contributed by atoms with van der Waals surface area (Å²) in [6.45, 7) is 10.4. The maximum Gasteiger partial charge on any atom is 0.192 e. The molecule has 1 aromatic heterocycles. The largest absolute Gasteiger partial charge is 0.359 e. The molecule has 100 valence electrons. The van der Waals surface area contributed by atoms with Crippen LogP contribution in [0.1, 0.15) is 24.3 Å². The molecule has 0 bridgehead atoms. The van der Waals surface area contributed by atoms with Crippen LogP contribution in [0.25, 0.3) is 0 Å². The number of rotatable bonds is 5. The van der Waals surface area contributed by atoms with Gasteiger partial charge in [0, 0.05) is 38.9 Å². The van der Waals surface area contributed by atoms with Gasteiger partial charge >= 0.3 is 0 Å². The second-order valence-electron chi connectivity index (χ2n) is 5.48. The Bertz CT molecular complexity index is 364. The minimum absolute atomic E-state index is 0.192. The number of ketones is 1. The van der Waals surface area contributed by atoms with Crippen LogP contribution < -0.4 is 0 Å². The van der Waals surface area contributed by atoms with Gasteiger partial charge in [0.15, 0.2) is 5.78 Å². The Labute approximate surface area is 109 Å². The van der Waals surface area contributed by atoms with E-state index in [0.717, 1.165) is 37.8 Å². The van der Waals surface area contributed by atoms with E-state index in [4.69, 9.17) is 0 Å². The molecule has 0 spiro atoms. The molecule has 0 saturated carbocycles. The Hall–Kier alpha value is -1.13. The van der Waals surface area contributed by atoms with Gasteiger partial charge in [-0.05, 0) is 18.1 Å². The molecule has 4 nitrogen and oxygen atoms in total. The molecule has 0 amide bonds. The van der Waals surface area contributed by atoms with E-state index in [-0.39, 0.29) is 5.78 Å². The van der Waals surface area contributed by atoms with Crippen molar-refractivity contribution >= 4 is 5.78 Å². The zero-order valence-corrected chi connectivity index (χ0v) is 11.4. The van der Waals surface area contributed by atoms with Gasteiger partial charge in [-0.15, -0.1) is 0 Å². The molecule has 18 heavy (non-hydrogen) atoms. The van der Waals surface area contributed by atoms with Crippen LogP contribution in [0.2, 0.25) is 0 Å². The first-order valence-corrected chi connectivity index (χ1v) is 6.76. The van der Waals surface area contributed by atoms with E-state index >= 15 is 0 Å². The van der Waals surface area contributed by atoms with Gasteiger partial charge in [0.2, 0.25) is 0 Å². The van der Waals surface area contributed by atoms with Gasteiger partial charge in [-0.1, -0.05) is 13.8 Å². The average molecular weight is 249 g/mol. The van der Waals surface area contributed by atoms with Gasteiger partial charge in [-0.2, -0.15) is 0 Å². The lowest BCUT2D eigenvalue weighted by atomic mass is 10.2. The van der Waals surface area contributed by atoms with Crippen molar-refractivity contribution in [2.45, 2.75) is 13.8 Å². The maximum atomic E-state index is 11.9. The Morgan fingerprint density at radius 2 is 1.94 bits per heavy atom. The summed E-state index contributed by atoms with van der Waals surface area (Å²) in [4.78, 5) is 19.7. The average Bonchev–Trinajstić information content (AvgIpc) is 2.84. The highest BCUT2D eigenvalue weighted by molar-refractivity contribution is 5.95. The van der Waals surface area contributed by atoms with Crippen molar-refractivity contribution in [1.82, 2.24) is 14.8 Å². The lowest BCUT2D eigenvalue weighted by Gasteiger charge is -2.35. The number of aromatic nitrogens is 1. The Kier molecular flexibility index (Phi) is 4.55. The molecule has 1 aliphatic heterocycles. The van der Waals surface area contributed by atoms with Gasteiger partial charge in [0.25, 0.3) is 0 Å². The van der Waals surface area contributed by atoms with Gasteiger partial charge in [-0.25, -0.2) is 0 Å². The number of piperazine rings is 1. The molecule has 0 aliphatic carbocycles. The van der Waals surface area contributed by atoms with Gasteiger partial charge in [-0.3, -0.25) is 9.69 Å². The number of nitrogens with one attached hydrogen (secondary N) is 1. The summed E-state index contributed by atoms with van der Waals surface area (Å²) in [6, 6.07) is 3.71. The molecule has 4 heteroatoms. The number of carbonyl (C=O) groups excluding carboxylic acids is 1. The number of hydrogen-bond donors (Lipinski definition) is 1. The summed E-state index contributed by atoms with van der Waals surface area (Å²) >= 11 is 0. The van der Waals surface area contributed by atoms with Gasteiger partial charge in [0.1, 0.15) is 0 Å². The predicted octanol–water partition coefficient (Wildman–Crippen LogP) is 1.47. The molecular formula is C14H23N3O. The quantitative estimate of drug-likeness (QED) is 0.803. The van der Waals surface area contributed by atoms with Crippen molar-refractivity contribution in [2.75, 3.05) is 39.3 Å². The highest BCUT2D eigenvalue weighted by Crippen LogP contribution is 2.06. The third-order valence-corrected chi connectivity index (χ3v) is 3.35. The molecule has 1 fully saturated rings. The van der Waals surface area contributed by atoms with Crippen LogP contribution in [0, 0.1) is 5.92 Å². The Balaban J connectivity index is 1.75. The van der Waals surface area contributed by atoms with E-state index in [2.05, 4.69) is 28.6 Å². The molecule has 2 rings (SSSR count). The Morgan fingerprint density at radius 3 is 2.50 bits per heavy atom. The van der Waals surface area contributed by atoms with Crippen molar-refractivity contribution in [3.63, 3.8) is 0 Å². The van der Waals surface area contributed by atoms with Crippen molar-refractivity contribution in [1.29, 1.82) is 0 Å². The molecule has 2 heterocycles. The molecule has 1 aliphatic rings. The van der Waals surface area contributed by atoms with Gasteiger partial charge < -0.3 is 9.88 Å². The summed E-state index contributed by atoms with van der Waals surface area (Å²) in [5.74, 6) is 0.911. The standard InChI is InChI=1S/C14H23N3O/c1-12(2)10-16-6-8-17(9-7-16)11-14(18)13-4-3-5-15-13/h3-5,12,15H,6-11H2,1-2H3. The van der Waals surface area contributed by atoms with Crippen LogP contribution in [-0.4, -0.2) is 59.8 Å². The van der Waals surface area contributed by atoms with E-state index in [9.17, 15) is 4.79 Å². The highest BCUT2D eigenvalue weighted by atomic mass is 16.1. The topological polar surface area (TPSA) is 39.3 Å². The van der Waals surface area contributed by atoms with E-state index in [1.807, 2.05) is 12.1 Å². The van der Waals surface area contributed by atoms with Crippen molar-refractivity contribution in [2.24, 2.45) is 5.92 Å². The fourth-order valence-corrected chi connectivity index (χ4v) is 2.44. The third kappa shape index (κ3) is 3.68.